The molecule has 0 aromatic heterocycles. The van der Waals surface area contributed by atoms with Gasteiger partial charge in [-0.1, -0.05) is 26.2 Å². The maximum Gasteiger partial charge on any atom is 0.0721 e. The molecule has 1 aliphatic heterocycles. The summed E-state index contributed by atoms with van der Waals surface area (Å²) in [6.07, 6.45) is 8.76. The van der Waals surface area contributed by atoms with E-state index in [9.17, 15) is 5.11 Å². The first-order valence-corrected chi connectivity index (χ1v) is 6.69. The minimum atomic E-state index is -0.0854. The molecule has 2 rings (SSSR count). The summed E-state index contributed by atoms with van der Waals surface area (Å²) in [7, 11) is 0. The van der Waals surface area contributed by atoms with Gasteiger partial charge in [-0.05, 0) is 44.1 Å². The lowest BCUT2D eigenvalue weighted by Crippen LogP contribution is -2.47. The monoisotopic (exact) mass is 211 g/mol. The SMILES string of the molecule is CC1CCC(C(O)C2CCCCN2)CC1. The maximum atomic E-state index is 10.3. The van der Waals surface area contributed by atoms with Gasteiger partial charge in [-0.25, -0.2) is 0 Å². The summed E-state index contributed by atoms with van der Waals surface area (Å²) < 4.78 is 0. The highest BCUT2D eigenvalue weighted by molar-refractivity contribution is 4.86. The van der Waals surface area contributed by atoms with Crippen LogP contribution in [-0.2, 0) is 0 Å². The summed E-state index contributed by atoms with van der Waals surface area (Å²) >= 11 is 0. The van der Waals surface area contributed by atoms with Crippen LogP contribution in [0.4, 0.5) is 0 Å². The van der Waals surface area contributed by atoms with Gasteiger partial charge in [0.15, 0.2) is 0 Å². The second-order valence-corrected chi connectivity index (χ2v) is 5.57. The Hall–Kier alpha value is -0.0800. The summed E-state index contributed by atoms with van der Waals surface area (Å²) in [4.78, 5) is 0. The van der Waals surface area contributed by atoms with Crippen LogP contribution < -0.4 is 5.32 Å². The molecule has 2 N–H and O–H groups in total. The lowest BCUT2D eigenvalue weighted by Gasteiger charge is -2.36. The van der Waals surface area contributed by atoms with Crippen molar-refractivity contribution in [3.63, 3.8) is 0 Å². The molecule has 1 heterocycles. The predicted molar refractivity (Wildman–Crippen MR) is 62.8 cm³/mol. The van der Waals surface area contributed by atoms with E-state index in [0.717, 1.165) is 12.5 Å². The summed E-state index contributed by atoms with van der Waals surface area (Å²) in [5.74, 6) is 1.45. The number of piperidine rings is 1. The number of hydrogen-bond donors (Lipinski definition) is 2. The van der Waals surface area contributed by atoms with Gasteiger partial charge >= 0.3 is 0 Å². The average Bonchev–Trinajstić information content (AvgIpc) is 2.30. The molecular formula is C13H25NO. The highest BCUT2D eigenvalue weighted by Crippen LogP contribution is 2.32. The highest BCUT2D eigenvalue weighted by atomic mass is 16.3. The Bertz CT molecular complexity index is 181. The van der Waals surface area contributed by atoms with Crippen LogP contribution >= 0.6 is 0 Å². The van der Waals surface area contributed by atoms with E-state index in [4.69, 9.17) is 0 Å². The van der Waals surface area contributed by atoms with Crippen LogP contribution in [0.1, 0.15) is 51.9 Å². The Labute approximate surface area is 93.5 Å². The smallest absolute Gasteiger partial charge is 0.0721 e. The van der Waals surface area contributed by atoms with E-state index in [1.54, 1.807) is 0 Å². The Morgan fingerprint density at radius 1 is 1.07 bits per heavy atom. The quantitative estimate of drug-likeness (QED) is 0.734. The molecule has 0 radical (unpaired) electrons. The van der Waals surface area contributed by atoms with Crippen molar-refractivity contribution in [2.45, 2.75) is 64.0 Å². The van der Waals surface area contributed by atoms with Crippen molar-refractivity contribution in [2.75, 3.05) is 6.54 Å². The number of rotatable bonds is 2. The Morgan fingerprint density at radius 3 is 2.40 bits per heavy atom. The fourth-order valence-corrected chi connectivity index (χ4v) is 3.13. The molecule has 2 unspecified atom stereocenters. The summed E-state index contributed by atoms with van der Waals surface area (Å²) in [6, 6.07) is 0.386. The van der Waals surface area contributed by atoms with E-state index in [2.05, 4.69) is 12.2 Å². The molecule has 1 aliphatic carbocycles. The fourth-order valence-electron chi connectivity index (χ4n) is 3.13. The third-order valence-corrected chi connectivity index (χ3v) is 4.30. The van der Waals surface area contributed by atoms with Crippen LogP contribution in [0.3, 0.4) is 0 Å². The molecule has 88 valence electrons. The lowest BCUT2D eigenvalue weighted by molar-refractivity contribution is 0.0353. The van der Waals surface area contributed by atoms with Crippen molar-refractivity contribution in [3.05, 3.63) is 0 Å². The van der Waals surface area contributed by atoms with Crippen LogP contribution in [0.15, 0.2) is 0 Å². The van der Waals surface area contributed by atoms with Gasteiger partial charge in [0.25, 0.3) is 0 Å². The van der Waals surface area contributed by atoms with E-state index in [-0.39, 0.29) is 6.10 Å². The van der Waals surface area contributed by atoms with Crippen LogP contribution in [0.25, 0.3) is 0 Å². The van der Waals surface area contributed by atoms with Gasteiger partial charge in [-0.3, -0.25) is 0 Å². The topological polar surface area (TPSA) is 32.3 Å². The zero-order chi connectivity index (χ0) is 10.7. The first kappa shape index (κ1) is 11.4. The number of aliphatic hydroxyl groups is 1. The molecule has 15 heavy (non-hydrogen) atoms. The van der Waals surface area contributed by atoms with Gasteiger partial charge in [0.05, 0.1) is 6.10 Å². The minimum Gasteiger partial charge on any atom is -0.391 e. The van der Waals surface area contributed by atoms with Gasteiger partial charge in [-0.15, -0.1) is 0 Å². The van der Waals surface area contributed by atoms with E-state index in [1.165, 1.54) is 44.9 Å². The summed E-state index contributed by atoms with van der Waals surface area (Å²) in [6.45, 7) is 3.44. The van der Waals surface area contributed by atoms with E-state index in [1.807, 2.05) is 0 Å². The highest BCUT2D eigenvalue weighted by Gasteiger charge is 2.30. The normalized spacial score (nSPS) is 40.0. The third kappa shape index (κ3) is 2.94. The molecule has 2 atom stereocenters. The second kappa shape index (κ2) is 5.31. The van der Waals surface area contributed by atoms with Crippen molar-refractivity contribution in [3.8, 4) is 0 Å². The molecule has 0 amide bonds. The Morgan fingerprint density at radius 2 is 1.80 bits per heavy atom. The molecule has 0 bridgehead atoms. The van der Waals surface area contributed by atoms with Gasteiger partial charge in [0.2, 0.25) is 0 Å². The van der Waals surface area contributed by atoms with E-state index < -0.39 is 0 Å². The average molecular weight is 211 g/mol. The summed E-state index contributed by atoms with van der Waals surface area (Å²) in [5, 5.41) is 13.8. The molecule has 2 nitrogen and oxygen atoms in total. The maximum absolute atomic E-state index is 10.3. The predicted octanol–water partition coefficient (Wildman–Crippen LogP) is 2.32. The second-order valence-electron chi connectivity index (χ2n) is 5.57. The van der Waals surface area contributed by atoms with Crippen LogP contribution in [0.2, 0.25) is 0 Å². The molecule has 2 fully saturated rings. The zero-order valence-corrected chi connectivity index (χ0v) is 9.91. The van der Waals surface area contributed by atoms with Gasteiger partial charge in [0.1, 0.15) is 0 Å². The summed E-state index contributed by atoms with van der Waals surface area (Å²) in [5.41, 5.74) is 0. The fraction of sp³-hybridized carbons (Fsp3) is 1.00. The van der Waals surface area contributed by atoms with Crippen molar-refractivity contribution >= 4 is 0 Å². The lowest BCUT2D eigenvalue weighted by atomic mass is 9.77. The van der Waals surface area contributed by atoms with Crippen LogP contribution in [-0.4, -0.2) is 23.8 Å². The Kier molecular flexibility index (Phi) is 4.04. The molecule has 0 aromatic rings. The molecule has 0 spiro atoms. The number of aliphatic hydroxyl groups excluding tert-OH is 1. The zero-order valence-electron chi connectivity index (χ0n) is 9.91. The van der Waals surface area contributed by atoms with Gasteiger partial charge < -0.3 is 10.4 Å². The van der Waals surface area contributed by atoms with Crippen molar-refractivity contribution < 1.29 is 5.11 Å². The van der Waals surface area contributed by atoms with E-state index >= 15 is 0 Å². The number of hydrogen-bond acceptors (Lipinski definition) is 2. The molecule has 0 aromatic carbocycles. The van der Waals surface area contributed by atoms with Crippen molar-refractivity contribution in [1.29, 1.82) is 0 Å². The van der Waals surface area contributed by atoms with Gasteiger partial charge in [-0.2, -0.15) is 0 Å². The van der Waals surface area contributed by atoms with Crippen molar-refractivity contribution in [1.82, 2.24) is 5.32 Å². The molecule has 2 heteroatoms. The molecule has 1 saturated carbocycles. The van der Waals surface area contributed by atoms with Crippen molar-refractivity contribution in [2.24, 2.45) is 11.8 Å². The molecule has 1 saturated heterocycles. The van der Waals surface area contributed by atoms with Crippen LogP contribution in [0, 0.1) is 11.8 Å². The van der Waals surface area contributed by atoms with Gasteiger partial charge in [0, 0.05) is 6.04 Å². The standard InChI is InChI=1S/C13H25NO/c1-10-5-7-11(8-6-10)13(15)12-4-2-3-9-14-12/h10-15H,2-9H2,1H3. The van der Waals surface area contributed by atoms with Crippen LogP contribution in [0.5, 0.6) is 0 Å². The first-order chi connectivity index (χ1) is 7.27. The largest absolute Gasteiger partial charge is 0.391 e. The number of nitrogens with one attached hydrogen (secondary N) is 1. The third-order valence-electron chi connectivity index (χ3n) is 4.30. The first-order valence-electron chi connectivity index (χ1n) is 6.69. The minimum absolute atomic E-state index is 0.0854. The molecular weight excluding hydrogens is 186 g/mol. The molecule has 2 aliphatic rings. The van der Waals surface area contributed by atoms with E-state index in [0.29, 0.717) is 12.0 Å². The Balaban J connectivity index is 1.81.